The Kier molecular flexibility index (Phi) is 4.65. The van der Waals surface area contributed by atoms with Crippen LogP contribution in [-0.2, 0) is 4.84 Å². The molecule has 0 amide bonds. The van der Waals surface area contributed by atoms with E-state index in [1.165, 1.54) is 0 Å². The zero-order valence-electron chi connectivity index (χ0n) is 12.6. The molecule has 110 valence electrons. The number of nitrogens with zero attached hydrogens (tertiary/aromatic N) is 1. The van der Waals surface area contributed by atoms with Gasteiger partial charge in [-0.15, -0.1) is 0 Å². The van der Waals surface area contributed by atoms with E-state index in [9.17, 15) is 5.11 Å². The number of oxime groups is 1. The molecule has 0 saturated carbocycles. The maximum absolute atomic E-state index is 9.55. The molecule has 2 rings (SSSR count). The normalized spacial score (nSPS) is 21.8. The molecular formula is C16H23NO3. The Morgan fingerprint density at radius 3 is 2.50 bits per heavy atom. The average Bonchev–Trinajstić information content (AvgIpc) is 2.81. The van der Waals surface area contributed by atoms with Gasteiger partial charge in [-0.1, -0.05) is 37.2 Å². The van der Waals surface area contributed by atoms with Gasteiger partial charge in [-0.25, -0.2) is 0 Å². The summed E-state index contributed by atoms with van der Waals surface area (Å²) in [5.74, 6) is 1.13. The van der Waals surface area contributed by atoms with Gasteiger partial charge in [-0.2, -0.15) is 0 Å². The number of hydrogen-bond acceptors (Lipinski definition) is 4. The van der Waals surface area contributed by atoms with Crippen molar-refractivity contribution in [3.63, 3.8) is 0 Å². The Morgan fingerprint density at radius 2 is 1.95 bits per heavy atom. The second-order valence-electron chi connectivity index (χ2n) is 5.70. The van der Waals surface area contributed by atoms with Crippen LogP contribution in [0, 0.1) is 25.7 Å². The van der Waals surface area contributed by atoms with Crippen LogP contribution in [0.4, 0.5) is 0 Å². The Hall–Kier alpha value is -1.55. The van der Waals surface area contributed by atoms with Gasteiger partial charge >= 0.3 is 0 Å². The van der Waals surface area contributed by atoms with E-state index in [1.54, 1.807) is 0 Å². The third-order valence-electron chi connectivity index (χ3n) is 3.74. The molecular weight excluding hydrogens is 254 g/mol. The van der Waals surface area contributed by atoms with Gasteiger partial charge in [0.15, 0.2) is 0 Å². The first kappa shape index (κ1) is 14.9. The van der Waals surface area contributed by atoms with E-state index in [0.717, 1.165) is 22.6 Å². The molecule has 0 bridgehead atoms. The zero-order chi connectivity index (χ0) is 14.7. The van der Waals surface area contributed by atoms with Crippen molar-refractivity contribution >= 4 is 5.71 Å². The summed E-state index contributed by atoms with van der Waals surface area (Å²) in [6, 6.07) is 6.06. The number of ether oxygens (including phenoxy) is 1. The quantitative estimate of drug-likeness (QED) is 0.900. The van der Waals surface area contributed by atoms with Gasteiger partial charge in [-0.3, -0.25) is 0 Å². The summed E-state index contributed by atoms with van der Waals surface area (Å²) in [4.78, 5) is 5.43. The molecule has 1 N–H and O–H groups in total. The molecule has 0 saturated heterocycles. The van der Waals surface area contributed by atoms with Crippen molar-refractivity contribution < 1.29 is 14.7 Å². The molecule has 1 aliphatic rings. The lowest BCUT2D eigenvalue weighted by atomic mass is 9.91. The maximum atomic E-state index is 9.55. The third-order valence-corrected chi connectivity index (χ3v) is 3.74. The lowest BCUT2D eigenvalue weighted by Gasteiger charge is -2.20. The molecule has 2 unspecified atom stereocenters. The van der Waals surface area contributed by atoms with Gasteiger partial charge in [0.05, 0.1) is 12.5 Å². The van der Waals surface area contributed by atoms with Crippen molar-refractivity contribution in [2.45, 2.75) is 33.8 Å². The molecule has 0 fully saturated rings. The van der Waals surface area contributed by atoms with E-state index in [-0.39, 0.29) is 18.6 Å². The monoisotopic (exact) mass is 277 g/mol. The molecule has 1 aromatic carbocycles. The Morgan fingerprint density at radius 1 is 1.30 bits per heavy atom. The molecule has 0 spiro atoms. The van der Waals surface area contributed by atoms with Crippen LogP contribution in [0.5, 0.6) is 5.75 Å². The minimum atomic E-state index is -0.0701. The maximum Gasteiger partial charge on any atom is 0.140 e. The number of rotatable bonds is 5. The fourth-order valence-corrected chi connectivity index (χ4v) is 2.56. The number of benzene rings is 1. The topological polar surface area (TPSA) is 51.0 Å². The van der Waals surface area contributed by atoms with Gasteiger partial charge in [0.1, 0.15) is 24.2 Å². The van der Waals surface area contributed by atoms with E-state index < -0.39 is 0 Å². The van der Waals surface area contributed by atoms with Gasteiger partial charge in [-0.05, 0) is 30.9 Å². The van der Waals surface area contributed by atoms with Crippen molar-refractivity contribution in [1.82, 2.24) is 0 Å². The second kappa shape index (κ2) is 6.27. The SMILES string of the molecule is Cc1cccc(C)c1OCC1=NOC(C(C)C)C1CO. The van der Waals surface area contributed by atoms with Crippen molar-refractivity contribution in [3.05, 3.63) is 29.3 Å². The second-order valence-corrected chi connectivity index (χ2v) is 5.70. The van der Waals surface area contributed by atoms with E-state index in [2.05, 4.69) is 19.0 Å². The first-order chi connectivity index (χ1) is 9.54. The zero-order valence-corrected chi connectivity index (χ0v) is 12.6. The van der Waals surface area contributed by atoms with Crippen LogP contribution in [0.1, 0.15) is 25.0 Å². The van der Waals surface area contributed by atoms with E-state index >= 15 is 0 Å². The molecule has 1 aliphatic heterocycles. The fraction of sp³-hybridized carbons (Fsp3) is 0.562. The van der Waals surface area contributed by atoms with Crippen LogP contribution in [0.3, 0.4) is 0 Å². The predicted molar refractivity (Wildman–Crippen MR) is 79.1 cm³/mol. The molecule has 1 heterocycles. The molecule has 0 aromatic heterocycles. The summed E-state index contributed by atoms with van der Waals surface area (Å²) in [5.41, 5.74) is 2.99. The minimum Gasteiger partial charge on any atom is -0.487 e. The van der Waals surface area contributed by atoms with Crippen LogP contribution in [0.2, 0.25) is 0 Å². The molecule has 0 aliphatic carbocycles. The highest BCUT2D eigenvalue weighted by Crippen LogP contribution is 2.27. The van der Waals surface area contributed by atoms with Gasteiger partial charge < -0.3 is 14.7 Å². The first-order valence-electron chi connectivity index (χ1n) is 7.07. The van der Waals surface area contributed by atoms with E-state index in [1.807, 2.05) is 32.0 Å². The average molecular weight is 277 g/mol. The highest BCUT2D eigenvalue weighted by atomic mass is 16.6. The highest BCUT2D eigenvalue weighted by molar-refractivity contribution is 5.89. The number of aliphatic hydroxyl groups excluding tert-OH is 1. The van der Waals surface area contributed by atoms with Crippen molar-refractivity contribution in [2.75, 3.05) is 13.2 Å². The molecule has 1 aromatic rings. The number of hydrogen-bond donors (Lipinski definition) is 1. The molecule has 4 nitrogen and oxygen atoms in total. The Balaban J connectivity index is 2.04. The van der Waals surface area contributed by atoms with Crippen LogP contribution >= 0.6 is 0 Å². The van der Waals surface area contributed by atoms with Gasteiger partial charge in [0.25, 0.3) is 0 Å². The molecule has 2 atom stereocenters. The van der Waals surface area contributed by atoms with Crippen molar-refractivity contribution in [2.24, 2.45) is 17.0 Å². The fourth-order valence-electron chi connectivity index (χ4n) is 2.56. The van der Waals surface area contributed by atoms with Crippen LogP contribution in [0.25, 0.3) is 0 Å². The van der Waals surface area contributed by atoms with Crippen LogP contribution < -0.4 is 4.74 Å². The number of aliphatic hydroxyl groups is 1. The lowest BCUT2D eigenvalue weighted by Crippen LogP contribution is -2.33. The summed E-state index contributed by atoms with van der Waals surface area (Å²) >= 11 is 0. The van der Waals surface area contributed by atoms with Crippen LogP contribution in [0.15, 0.2) is 23.4 Å². The lowest BCUT2D eigenvalue weighted by molar-refractivity contribution is 0.0150. The largest absolute Gasteiger partial charge is 0.487 e. The third kappa shape index (κ3) is 2.96. The molecule has 4 heteroatoms. The minimum absolute atomic E-state index is 0.0395. The molecule has 0 radical (unpaired) electrons. The summed E-state index contributed by atoms with van der Waals surface area (Å²) in [5, 5.41) is 13.6. The summed E-state index contributed by atoms with van der Waals surface area (Å²) in [6.07, 6.45) is -0.0587. The summed E-state index contributed by atoms with van der Waals surface area (Å²) in [6.45, 7) is 8.58. The Labute approximate surface area is 120 Å². The van der Waals surface area contributed by atoms with Crippen molar-refractivity contribution in [1.29, 1.82) is 0 Å². The smallest absolute Gasteiger partial charge is 0.140 e. The highest BCUT2D eigenvalue weighted by Gasteiger charge is 2.36. The van der Waals surface area contributed by atoms with E-state index in [0.29, 0.717) is 12.5 Å². The van der Waals surface area contributed by atoms with Crippen molar-refractivity contribution in [3.8, 4) is 5.75 Å². The summed E-state index contributed by atoms with van der Waals surface area (Å²) < 4.78 is 5.89. The van der Waals surface area contributed by atoms with Gasteiger partial charge in [0.2, 0.25) is 0 Å². The number of aryl methyl sites for hydroxylation is 2. The Bertz CT molecular complexity index is 476. The standard InChI is InChI=1S/C16H23NO3/c1-10(2)15-13(8-18)14(17-20-15)9-19-16-11(3)6-5-7-12(16)4/h5-7,10,13,15,18H,8-9H2,1-4H3. The summed E-state index contributed by atoms with van der Waals surface area (Å²) in [7, 11) is 0. The van der Waals surface area contributed by atoms with E-state index in [4.69, 9.17) is 9.57 Å². The number of para-hydroxylation sites is 1. The first-order valence-corrected chi connectivity index (χ1v) is 7.07. The van der Waals surface area contributed by atoms with Crippen LogP contribution in [-0.4, -0.2) is 30.1 Å². The predicted octanol–water partition coefficient (Wildman–Crippen LogP) is 2.70. The van der Waals surface area contributed by atoms with Gasteiger partial charge in [0, 0.05) is 0 Å². The molecule has 20 heavy (non-hydrogen) atoms.